The molecule has 0 aliphatic heterocycles. The molecule has 1 aromatic heterocycles. The zero-order chi connectivity index (χ0) is 18.2. The highest BCUT2D eigenvalue weighted by molar-refractivity contribution is 5.97. The first kappa shape index (κ1) is 18.3. The van der Waals surface area contributed by atoms with Crippen LogP contribution in [0.3, 0.4) is 0 Å². The van der Waals surface area contributed by atoms with Crippen molar-refractivity contribution in [3.63, 3.8) is 0 Å². The first-order valence-electron chi connectivity index (χ1n) is 9.16. The quantitative estimate of drug-likeness (QED) is 0.526. The molecule has 1 fully saturated rings. The molecule has 0 radical (unpaired) electrons. The Morgan fingerprint density at radius 1 is 1.08 bits per heavy atom. The van der Waals surface area contributed by atoms with Gasteiger partial charge < -0.3 is 5.32 Å². The van der Waals surface area contributed by atoms with Gasteiger partial charge in [0, 0.05) is 6.20 Å². The highest BCUT2D eigenvalue weighted by Crippen LogP contribution is 2.29. The van der Waals surface area contributed by atoms with Crippen LogP contribution in [0.5, 0.6) is 0 Å². The van der Waals surface area contributed by atoms with Crippen molar-refractivity contribution in [2.45, 2.75) is 43.7 Å². The third-order valence-electron chi connectivity index (χ3n) is 4.91. The summed E-state index contributed by atoms with van der Waals surface area (Å²) < 4.78 is 0. The van der Waals surface area contributed by atoms with Crippen LogP contribution in [0.15, 0.2) is 67.4 Å². The average molecular weight is 350 g/mol. The van der Waals surface area contributed by atoms with E-state index < -0.39 is 5.54 Å². The van der Waals surface area contributed by atoms with Crippen LogP contribution >= 0.6 is 0 Å². The maximum absolute atomic E-state index is 13.0. The van der Waals surface area contributed by atoms with Crippen molar-refractivity contribution in [2.24, 2.45) is 0 Å². The number of benzene rings is 1. The topological polar surface area (TPSA) is 66.0 Å². The summed E-state index contributed by atoms with van der Waals surface area (Å²) in [5, 5.41) is 2.96. The number of rotatable bonds is 7. The Bertz CT molecular complexity index is 711. The van der Waals surface area contributed by atoms with Crippen LogP contribution in [0.2, 0.25) is 0 Å². The smallest absolute Gasteiger partial charge is 0.247 e. The van der Waals surface area contributed by atoms with Gasteiger partial charge in [0.1, 0.15) is 11.4 Å². The molecule has 1 aromatic carbocycles. The van der Waals surface area contributed by atoms with Crippen molar-refractivity contribution < 1.29 is 4.79 Å². The van der Waals surface area contributed by atoms with Crippen molar-refractivity contribution in [3.05, 3.63) is 72.9 Å². The summed E-state index contributed by atoms with van der Waals surface area (Å²) in [6, 6.07) is 15.5. The number of hydrogen-bond donors (Lipinski definition) is 3. The number of amides is 1. The van der Waals surface area contributed by atoms with Gasteiger partial charge in [0.15, 0.2) is 0 Å². The molecule has 3 rings (SSSR count). The number of nitrogens with zero attached hydrogens (tertiary/aromatic N) is 1. The van der Waals surface area contributed by atoms with Gasteiger partial charge in [-0.25, -0.2) is 15.8 Å². The molecule has 0 saturated heterocycles. The van der Waals surface area contributed by atoms with Crippen LogP contribution in [0.25, 0.3) is 0 Å². The monoisotopic (exact) mass is 350 g/mol. The van der Waals surface area contributed by atoms with Crippen molar-refractivity contribution in [1.29, 1.82) is 0 Å². The maximum Gasteiger partial charge on any atom is 0.247 e. The fourth-order valence-corrected chi connectivity index (χ4v) is 3.39. The van der Waals surface area contributed by atoms with E-state index in [2.05, 4.69) is 27.7 Å². The Morgan fingerprint density at radius 3 is 2.46 bits per heavy atom. The molecular weight excluding hydrogens is 324 g/mol. The van der Waals surface area contributed by atoms with Gasteiger partial charge in [-0.1, -0.05) is 61.7 Å². The Balaban J connectivity index is 1.72. The number of carbonyl (C=O) groups is 1. The highest BCUT2D eigenvalue weighted by atomic mass is 16.2. The lowest BCUT2D eigenvalue weighted by Gasteiger charge is -2.37. The lowest BCUT2D eigenvalue weighted by Crippen LogP contribution is -2.60. The Morgan fingerprint density at radius 2 is 1.81 bits per heavy atom. The summed E-state index contributed by atoms with van der Waals surface area (Å²) in [7, 11) is 0. The van der Waals surface area contributed by atoms with E-state index in [9.17, 15) is 4.79 Å². The lowest BCUT2D eigenvalue weighted by atomic mass is 9.81. The number of carbonyl (C=O) groups excluding carboxylic acids is 1. The second kappa shape index (κ2) is 8.74. The summed E-state index contributed by atoms with van der Waals surface area (Å²) in [6.07, 6.45) is 8.30. The van der Waals surface area contributed by atoms with Crippen LogP contribution in [0.4, 0.5) is 5.82 Å². The minimum absolute atomic E-state index is 0.0423. The highest BCUT2D eigenvalue weighted by Gasteiger charge is 2.39. The van der Waals surface area contributed by atoms with E-state index in [1.165, 1.54) is 0 Å². The molecule has 3 N–H and O–H groups in total. The normalized spacial score (nSPS) is 17.2. The molecule has 5 heteroatoms. The molecule has 0 spiro atoms. The van der Waals surface area contributed by atoms with Gasteiger partial charge in [-0.3, -0.25) is 4.79 Å². The van der Waals surface area contributed by atoms with E-state index in [-0.39, 0.29) is 11.9 Å². The molecule has 0 bridgehead atoms. The SMILES string of the molecule is C=CC(NNC1(C(=O)Nc2ccccn2)CCCCC1)c1ccccc1. The summed E-state index contributed by atoms with van der Waals surface area (Å²) in [4.78, 5) is 17.3. The third kappa shape index (κ3) is 4.36. The summed E-state index contributed by atoms with van der Waals surface area (Å²) >= 11 is 0. The van der Waals surface area contributed by atoms with Gasteiger partial charge in [-0.2, -0.15) is 0 Å². The fraction of sp³-hybridized carbons (Fsp3) is 0.333. The van der Waals surface area contributed by atoms with E-state index in [0.717, 1.165) is 37.7 Å². The molecule has 1 heterocycles. The van der Waals surface area contributed by atoms with Gasteiger partial charge in [0.05, 0.1) is 6.04 Å². The summed E-state index contributed by atoms with van der Waals surface area (Å²) in [5.74, 6) is 0.534. The van der Waals surface area contributed by atoms with Gasteiger partial charge in [-0.15, -0.1) is 6.58 Å². The molecule has 5 nitrogen and oxygen atoms in total. The third-order valence-corrected chi connectivity index (χ3v) is 4.91. The Labute approximate surface area is 154 Å². The molecule has 1 amide bonds. The Kier molecular flexibility index (Phi) is 6.15. The van der Waals surface area contributed by atoms with Crippen LogP contribution in [-0.2, 0) is 4.79 Å². The van der Waals surface area contributed by atoms with Crippen LogP contribution in [0.1, 0.15) is 43.7 Å². The Hall–Kier alpha value is -2.50. The van der Waals surface area contributed by atoms with Gasteiger partial charge in [0.25, 0.3) is 0 Å². The molecule has 1 aliphatic rings. The molecule has 1 unspecified atom stereocenters. The number of anilines is 1. The van der Waals surface area contributed by atoms with Gasteiger partial charge >= 0.3 is 0 Å². The second-order valence-corrected chi connectivity index (χ2v) is 6.71. The molecule has 1 saturated carbocycles. The van der Waals surface area contributed by atoms with Crippen molar-refractivity contribution in [2.75, 3.05) is 5.32 Å². The number of nitrogens with one attached hydrogen (secondary N) is 3. The molecule has 136 valence electrons. The van der Waals surface area contributed by atoms with Crippen LogP contribution in [-0.4, -0.2) is 16.4 Å². The van der Waals surface area contributed by atoms with E-state index in [1.807, 2.05) is 48.5 Å². The first-order valence-corrected chi connectivity index (χ1v) is 9.16. The van der Waals surface area contributed by atoms with E-state index in [0.29, 0.717) is 5.82 Å². The largest absolute Gasteiger partial charge is 0.309 e. The van der Waals surface area contributed by atoms with Gasteiger partial charge in [0.2, 0.25) is 5.91 Å². The van der Waals surface area contributed by atoms with Crippen LogP contribution in [0, 0.1) is 0 Å². The number of pyridine rings is 1. The van der Waals surface area contributed by atoms with E-state index in [4.69, 9.17) is 0 Å². The number of hydrogen-bond acceptors (Lipinski definition) is 4. The van der Waals surface area contributed by atoms with E-state index in [1.54, 1.807) is 12.3 Å². The predicted molar refractivity (Wildman–Crippen MR) is 104 cm³/mol. The molecule has 2 aromatic rings. The second-order valence-electron chi connectivity index (χ2n) is 6.71. The average Bonchev–Trinajstić information content (AvgIpc) is 2.71. The summed E-state index contributed by atoms with van der Waals surface area (Å²) in [5.41, 5.74) is 7.11. The number of aromatic nitrogens is 1. The molecule has 1 aliphatic carbocycles. The summed E-state index contributed by atoms with van der Waals surface area (Å²) in [6.45, 7) is 3.92. The molecular formula is C21H26N4O. The van der Waals surface area contributed by atoms with Crippen LogP contribution < -0.4 is 16.2 Å². The minimum atomic E-state index is -0.647. The lowest BCUT2D eigenvalue weighted by molar-refractivity contribution is -0.124. The fourth-order valence-electron chi connectivity index (χ4n) is 3.39. The van der Waals surface area contributed by atoms with E-state index >= 15 is 0 Å². The van der Waals surface area contributed by atoms with Crippen molar-refractivity contribution >= 4 is 11.7 Å². The zero-order valence-corrected chi connectivity index (χ0v) is 14.9. The first-order chi connectivity index (χ1) is 12.7. The van der Waals surface area contributed by atoms with Gasteiger partial charge in [-0.05, 0) is 30.5 Å². The zero-order valence-electron chi connectivity index (χ0n) is 14.9. The maximum atomic E-state index is 13.0. The number of hydrazine groups is 1. The van der Waals surface area contributed by atoms with Crippen molar-refractivity contribution in [1.82, 2.24) is 15.8 Å². The minimum Gasteiger partial charge on any atom is -0.309 e. The standard InChI is InChI=1S/C21H26N4O/c1-2-18(17-11-5-3-6-12-17)24-25-21(14-8-4-9-15-21)20(26)23-19-13-7-10-16-22-19/h2-3,5-7,10-13,16,18,24-25H,1,4,8-9,14-15H2,(H,22,23,26). The molecule has 26 heavy (non-hydrogen) atoms. The van der Waals surface area contributed by atoms with Crippen molar-refractivity contribution in [3.8, 4) is 0 Å². The molecule has 1 atom stereocenters. The predicted octanol–water partition coefficient (Wildman–Crippen LogP) is 3.74.